The average Bonchev–Trinajstić information content (AvgIpc) is 1.44. The number of anilines is 1. The number of aliphatic hydroxyl groups excluding tert-OH is 1. The molecule has 1 aromatic carbocycles. The first-order valence-corrected chi connectivity index (χ1v) is 34.5. The predicted molar refractivity (Wildman–Crippen MR) is 372 cm³/mol. The molecule has 0 aromatic heterocycles. The molecule has 0 saturated carbocycles. The van der Waals surface area contributed by atoms with E-state index in [0.29, 0.717) is 61.9 Å². The van der Waals surface area contributed by atoms with E-state index >= 15 is 0 Å². The normalized spacial score (nSPS) is 17.7. The highest BCUT2D eigenvalue weighted by atomic mass is 79.9. The van der Waals surface area contributed by atoms with Gasteiger partial charge in [0.1, 0.15) is 39.7 Å². The SMILES string of the molecule is C=C/C=C(\C=C)[C@H](O)[C@@H](C)NC(=O)[C@H](C)[C@@H](OC)[C@@H]1CCCN1C(=O)C[C@@H](OC)C([C@@H](C)CC)N(C)C(=O)C(NC(=O)[C@H](C(C)C)N(C)C(=O)OCc1ccc(NC(=O)[C@H](CCCNC(N)=O)NC(=O)[C@@H](NC(=O)CCCCCN2C(=O)C(Br)=C(Br)C2=O)C(C)C)cc1)C(C)C. The number of primary amides is 1. The van der Waals surface area contributed by atoms with Crippen LogP contribution in [0.4, 0.5) is 15.3 Å². The van der Waals surface area contributed by atoms with E-state index in [1.165, 1.54) is 43.2 Å². The number of unbranched alkanes of at least 4 members (excludes halogenated alkanes) is 2. The molecule has 2 aliphatic rings. The van der Waals surface area contributed by atoms with Crippen LogP contribution < -0.4 is 37.6 Å². The average molecular weight is 1480 g/mol. The molecular formula is C68H105Br2N11O15. The molecule has 1 fully saturated rings. The molecule has 0 spiro atoms. The Balaban J connectivity index is 1.68. The van der Waals surface area contributed by atoms with Crippen molar-refractivity contribution in [3.8, 4) is 0 Å². The van der Waals surface area contributed by atoms with Crippen LogP contribution in [0.2, 0.25) is 0 Å². The van der Waals surface area contributed by atoms with E-state index in [1.54, 1.807) is 97.7 Å². The number of hydrogen-bond acceptors (Lipinski definition) is 15. The number of nitrogens with one attached hydrogen (secondary N) is 6. The molecule has 12 atom stereocenters. The number of amides is 12. The fourth-order valence-electron chi connectivity index (χ4n) is 11.9. The van der Waals surface area contributed by atoms with Crippen molar-refractivity contribution in [1.82, 2.24) is 46.2 Å². The quantitative estimate of drug-likeness (QED) is 0.0199. The first kappa shape index (κ1) is 83.2. The highest BCUT2D eigenvalue weighted by Gasteiger charge is 2.44. The third kappa shape index (κ3) is 23.9. The summed E-state index contributed by atoms with van der Waals surface area (Å²) in [4.78, 5) is 153. The Kier molecular flexibility index (Phi) is 35.2. The topological polar surface area (TPSA) is 347 Å². The number of carbonyl (C=O) groups is 11. The van der Waals surface area contributed by atoms with Crippen LogP contribution in [0.15, 0.2) is 70.2 Å². The van der Waals surface area contributed by atoms with Crippen molar-refractivity contribution in [3.05, 3.63) is 75.8 Å². The second-order valence-electron chi connectivity index (χ2n) is 25.7. The molecule has 0 aliphatic carbocycles. The van der Waals surface area contributed by atoms with E-state index in [9.17, 15) is 57.8 Å². The van der Waals surface area contributed by atoms with E-state index in [4.69, 9.17) is 19.9 Å². The number of urea groups is 1. The summed E-state index contributed by atoms with van der Waals surface area (Å²) in [5.41, 5.74) is 6.59. The number of imide groups is 1. The molecule has 12 amide bonds. The van der Waals surface area contributed by atoms with Crippen LogP contribution in [0.5, 0.6) is 0 Å². The van der Waals surface area contributed by atoms with Gasteiger partial charge >= 0.3 is 12.1 Å². The minimum absolute atomic E-state index is 0.0641. The van der Waals surface area contributed by atoms with Gasteiger partial charge in [0.15, 0.2) is 0 Å². The third-order valence-electron chi connectivity index (χ3n) is 17.6. The van der Waals surface area contributed by atoms with Crippen LogP contribution in [-0.4, -0.2) is 199 Å². The van der Waals surface area contributed by atoms with Crippen molar-refractivity contribution < 1.29 is 72.1 Å². The van der Waals surface area contributed by atoms with E-state index in [0.717, 1.165) is 4.90 Å². The number of benzene rings is 1. The molecule has 9 N–H and O–H groups in total. The number of halogens is 2. The van der Waals surface area contributed by atoms with Gasteiger partial charge < -0.3 is 66.8 Å². The number of allylic oxidation sites excluding steroid dienone is 2. The molecule has 96 heavy (non-hydrogen) atoms. The van der Waals surface area contributed by atoms with Crippen molar-refractivity contribution in [3.63, 3.8) is 0 Å². The van der Waals surface area contributed by atoms with Gasteiger partial charge in [-0.2, -0.15) is 0 Å². The number of nitrogens with two attached hydrogens (primary N) is 1. The van der Waals surface area contributed by atoms with Gasteiger partial charge in [-0.3, -0.25) is 53.0 Å². The number of methoxy groups -OCH3 is 2. The van der Waals surface area contributed by atoms with Crippen molar-refractivity contribution in [2.45, 2.75) is 201 Å². The van der Waals surface area contributed by atoms with Gasteiger partial charge in [-0.15, -0.1) is 0 Å². The molecular weight excluding hydrogens is 1370 g/mol. The Morgan fingerprint density at radius 2 is 1.40 bits per heavy atom. The zero-order valence-electron chi connectivity index (χ0n) is 58.3. The molecule has 28 heteroatoms. The Morgan fingerprint density at radius 1 is 0.771 bits per heavy atom. The van der Waals surface area contributed by atoms with E-state index in [2.05, 4.69) is 76.9 Å². The maximum atomic E-state index is 14.8. The lowest BCUT2D eigenvalue weighted by Gasteiger charge is -2.41. The molecule has 0 radical (unpaired) electrons. The second kappa shape index (κ2) is 40.6. The van der Waals surface area contributed by atoms with Gasteiger partial charge in [-0.1, -0.05) is 119 Å². The lowest BCUT2D eigenvalue weighted by atomic mass is 9.89. The van der Waals surface area contributed by atoms with Crippen molar-refractivity contribution in [2.75, 3.05) is 53.3 Å². The summed E-state index contributed by atoms with van der Waals surface area (Å²) >= 11 is 6.21. The number of rotatable bonds is 40. The number of hydrogen-bond donors (Lipinski definition) is 8. The van der Waals surface area contributed by atoms with Crippen molar-refractivity contribution in [2.24, 2.45) is 35.3 Å². The standard InChI is InChI=1S/C68H105Br2N11O15/c1-17-25-45(19-3)58(84)43(12)73-60(85)42(11)59(95-16)48-27-24-35-80(48)51(83)36-49(94-15)57(41(10)18-2)78(13)66(91)55(39(6)7)77-63(88)56(40(8)9)79(14)68(93)96-37-44-29-31-46(32-30-44)74-61(86)47(26-23-33-72-67(71)92)75-62(87)54(38(4)5)76-50(82)28-21-20-22-34-81-64(89)52(69)53(70)65(81)90/h17,19,25,29-32,38-43,47-49,54-59,84H,1,3,18,20-24,26-28,33-37H2,2,4-16H3,(H,73,85)(H,74,86)(H,75,87)(H,76,82)(H,77,88)(H3,71,72,92)/b45-25+/t41-,42+,43+,47-,48-,49+,54-,55?,56-,57?,58+,59+/m0/s1. The Morgan fingerprint density at radius 3 is 1.94 bits per heavy atom. The van der Waals surface area contributed by atoms with Gasteiger partial charge in [0.05, 0.1) is 48.8 Å². The summed E-state index contributed by atoms with van der Waals surface area (Å²) in [6, 6.07) is -0.480. The van der Waals surface area contributed by atoms with Crippen LogP contribution in [-0.2, 0) is 64.0 Å². The van der Waals surface area contributed by atoms with Crippen LogP contribution in [0.1, 0.15) is 139 Å². The second-order valence-corrected chi connectivity index (χ2v) is 27.3. The summed E-state index contributed by atoms with van der Waals surface area (Å²) in [6.45, 7) is 25.8. The number of likely N-dealkylation sites (N-methyl/N-ethyl adjacent to an activating group) is 2. The molecule has 2 unspecified atom stereocenters. The predicted octanol–water partition coefficient (Wildman–Crippen LogP) is 6.45. The van der Waals surface area contributed by atoms with Gasteiger partial charge in [0.25, 0.3) is 11.8 Å². The van der Waals surface area contributed by atoms with E-state index in [-0.39, 0.29) is 78.0 Å². The van der Waals surface area contributed by atoms with Crippen LogP contribution >= 0.6 is 31.9 Å². The van der Waals surface area contributed by atoms with Crippen LogP contribution in [0.25, 0.3) is 0 Å². The first-order valence-electron chi connectivity index (χ1n) is 32.9. The van der Waals surface area contributed by atoms with Gasteiger partial charge in [0, 0.05) is 60.1 Å². The van der Waals surface area contributed by atoms with Gasteiger partial charge in [-0.05, 0) is 124 Å². The van der Waals surface area contributed by atoms with Crippen LogP contribution in [0.3, 0.4) is 0 Å². The summed E-state index contributed by atoms with van der Waals surface area (Å²) in [7, 11) is 6.04. The van der Waals surface area contributed by atoms with Gasteiger partial charge in [0.2, 0.25) is 41.4 Å². The Bertz CT molecular complexity index is 2920. The Hall–Kier alpha value is -7.01. The third-order valence-corrected chi connectivity index (χ3v) is 19.6. The number of ether oxygens (including phenoxy) is 3. The highest BCUT2D eigenvalue weighted by molar-refractivity contribution is 9.14. The molecule has 1 saturated heterocycles. The molecule has 2 aliphatic heterocycles. The number of likely N-dealkylation sites (tertiary alicyclic amines) is 1. The monoisotopic (exact) mass is 1470 g/mol. The zero-order chi connectivity index (χ0) is 72.4. The number of carbonyl (C=O) groups excluding carboxylic acids is 11. The number of aliphatic hydroxyl groups is 1. The summed E-state index contributed by atoms with van der Waals surface area (Å²) in [5.74, 6) is -6.32. The lowest BCUT2D eigenvalue weighted by molar-refractivity contribution is -0.148. The van der Waals surface area contributed by atoms with E-state index in [1.807, 2.05) is 13.8 Å². The lowest BCUT2D eigenvalue weighted by Crippen LogP contribution is -2.60. The summed E-state index contributed by atoms with van der Waals surface area (Å²) in [5, 5.41) is 27.5. The molecule has 3 rings (SSSR count). The van der Waals surface area contributed by atoms with Gasteiger partial charge in [-0.25, -0.2) is 9.59 Å². The fraction of sp³-hybridized carbons (Fsp3) is 0.632. The van der Waals surface area contributed by atoms with Crippen molar-refractivity contribution >= 4 is 103 Å². The molecule has 26 nitrogen and oxygen atoms in total. The summed E-state index contributed by atoms with van der Waals surface area (Å²) < 4.78 is 18.0. The maximum absolute atomic E-state index is 14.8. The Labute approximate surface area is 583 Å². The molecule has 536 valence electrons. The minimum Gasteiger partial charge on any atom is -0.445 e. The minimum atomic E-state index is -1.12. The maximum Gasteiger partial charge on any atom is 0.410 e. The largest absolute Gasteiger partial charge is 0.445 e. The zero-order valence-corrected chi connectivity index (χ0v) is 61.5. The molecule has 2 heterocycles. The fourth-order valence-corrected chi connectivity index (χ4v) is 12.7. The molecule has 1 aromatic rings. The van der Waals surface area contributed by atoms with E-state index < -0.39 is 132 Å². The summed E-state index contributed by atoms with van der Waals surface area (Å²) in [6.07, 6.45) is 4.81. The molecule has 0 bridgehead atoms. The first-order chi connectivity index (χ1) is 45.2. The van der Waals surface area contributed by atoms with Crippen molar-refractivity contribution in [1.29, 1.82) is 0 Å². The smallest absolute Gasteiger partial charge is 0.410 e. The van der Waals surface area contributed by atoms with Crippen LogP contribution in [0, 0.1) is 29.6 Å². The number of nitrogens with zero attached hydrogens (tertiary/aromatic N) is 4. The highest BCUT2D eigenvalue weighted by Crippen LogP contribution is 2.32.